The Morgan fingerprint density at radius 1 is 1.05 bits per heavy atom. The van der Waals surface area contributed by atoms with Crippen LogP contribution in [-0.4, -0.2) is 65.0 Å². The van der Waals surface area contributed by atoms with Crippen molar-refractivity contribution in [1.29, 1.82) is 0 Å². The Kier molecular flexibility index (Phi) is 6.85. The highest BCUT2D eigenvalue weighted by Crippen LogP contribution is 2.54. The molecule has 0 aliphatic heterocycles. The van der Waals surface area contributed by atoms with Gasteiger partial charge in [-0.25, -0.2) is 0 Å². The number of ketones is 5. The average molecular weight is 537 g/mol. The van der Waals surface area contributed by atoms with Crippen LogP contribution in [0.1, 0.15) is 78.1 Å². The minimum Gasteiger partial charge on any atom is -0.507 e. The topological polar surface area (TPSA) is 152 Å². The van der Waals surface area contributed by atoms with E-state index in [2.05, 4.69) is 0 Å². The molecule has 4 aliphatic rings. The highest BCUT2D eigenvalue weighted by molar-refractivity contribution is 6.30. The van der Waals surface area contributed by atoms with Gasteiger partial charge in [0.25, 0.3) is 0 Å². The van der Waals surface area contributed by atoms with Gasteiger partial charge in [0, 0.05) is 17.9 Å². The highest BCUT2D eigenvalue weighted by Gasteiger charge is 2.67. The summed E-state index contributed by atoms with van der Waals surface area (Å²) in [4.78, 5) is 82.1. The summed E-state index contributed by atoms with van der Waals surface area (Å²) in [5.74, 6) is -8.22. The number of carbonyl (C=O) groups excluding carboxylic acids is 6. The van der Waals surface area contributed by atoms with Crippen LogP contribution in [0, 0.1) is 35.0 Å². The Labute approximate surface area is 227 Å². The van der Waals surface area contributed by atoms with Gasteiger partial charge in [-0.3, -0.25) is 33.7 Å². The van der Waals surface area contributed by atoms with Crippen LogP contribution < -0.4 is 5.73 Å². The van der Waals surface area contributed by atoms with E-state index in [0.717, 1.165) is 25.7 Å². The van der Waals surface area contributed by atoms with Gasteiger partial charge in [0.05, 0.1) is 22.9 Å². The van der Waals surface area contributed by atoms with Crippen molar-refractivity contribution in [2.45, 2.75) is 64.3 Å². The molecule has 208 valence electrons. The lowest BCUT2D eigenvalue weighted by Gasteiger charge is -2.53. The van der Waals surface area contributed by atoms with Gasteiger partial charge in [0.2, 0.25) is 5.91 Å². The molecule has 1 aromatic rings. The molecule has 3 fully saturated rings. The number of amides is 1. The fraction of sp³-hybridized carbons (Fsp3) is 0.600. The molecule has 9 nitrogen and oxygen atoms in total. The Bertz CT molecular complexity index is 1290. The second-order valence-electron chi connectivity index (χ2n) is 12.3. The van der Waals surface area contributed by atoms with Crippen LogP contribution in [0.3, 0.4) is 0 Å². The van der Waals surface area contributed by atoms with Crippen molar-refractivity contribution >= 4 is 34.8 Å². The predicted molar refractivity (Wildman–Crippen MR) is 140 cm³/mol. The Morgan fingerprint density at radius 2 is 1.72 bits per heavy atom. The maximum absolute atomic E-state index is 14.1. The number of aromatic hydroxyl groups is 1. The molecule has 0 aromatic heterocycles. The number of fused-ring (bicyclic) bond motifs is 3. The third kappa shape index (κ3) is 4.08. The zero-order valence-electron chi connectivity index (χ0n) is 22.7. The summed E-state index contributed by atoms with van der Waals surface area (Å²) in [6.07, 6.45) is 6.12. The van der Waals surface area contributed by atoms with E-state index < -0.39 is 64.2 Å². The molecule has 3 saturated carbocycles. The molecule has 0 bridgehead atoms. The molecular weight excluding hydrogens is 500 g/mol. The molecule has 4 aliphatic carbocycles. The summed E-state index contributed by atoms with van der Waals surface area (Å²) < 4.78 is 0. The molecule has 6 atom stereocenters. The van der Waals surface area contributed by atoms with Gasteiger partial charge >= 0.3 is 0 Å². The Balaban J connectivity index is 1.56. The SMILES string of the molecule is CN(C)C1C(=O)C(C(N)=O)C(=O)[C@]2(C)C(=O)C3C(=O)c4c(O)ccc(C(=O)CC5CCCCC5)c4C[C@@H]3C[C@H]12. The monoisotopic (exact) mass is 536 g/mol. The number of nitrogens with zero attached hydrogens (tertiary/aromatic N) is 1. The van der Waals surface area contributed by atoms with Gasteiger partial charge in [0.1, 0.15) is 5.75 Å². The van der Waals surface area contributed by atoms with Crippen molar-refractivity contribution in [3.05, 3.63) is 28.8 Å². The van der Waals surface area contributed by atoms with Gasteiger partial charge in [0.15, 0.2) is 34.8 Å². The van der Waals surface area contributed by atoms with Crippen molar-refractivity contribution in [3.8, 4) is 5.75 Å². The molecule has 0 heterocycles. The fourth-order valence-electron chi connectivity index (χ4n) is 7.95. The minimum absolute atomic E-state index is 0.0314. The fourth-order valence-corrected chi connectivity index (χ4v) is 7.95. The molecule has 0 spiro atoms. The van der Waals surface area contributed by atoms with Crippen LogP contribution in [0.2, 0.25) is 0 Å². The quantitative estimate of drug-likeness (QED) is 0.430. The molecule has 3 N–H and O–H groups in total. The molecule has 0 saturated heterocycles. The first-order chi connectivity index (χ1) is 18.4. The average Bonchev–Trinajstić information content (AvgIpc) is 2.86. The summed E-state index contributed by atoms with van der Waals surface area (Å²) >= 11 is 0. The number of primary amides is 1. The summed E-state index contributed by atoms with van der Waals surface area (Å²) in [7, 11) is 3.30. The lowest BCUT2D eigenvalue weighted by Crippen LogP contribution is -2.69. The Hall–Kier alpha value is -3.20. The van der Waals surface area contributed by atoms with E-state index in [-0.39, 0.29) is 35.9 Å². The van der Waals surface area contributed by atoms with Gasteiger partial charge in [-0.2, -0.15) is 0 Å². The molecule has 39 heavy (non-hydrogen) atoms. The zero-order chi connectivity index (χ0) is 28.4. The number of hydrogen-bond acceptors (Lipinski definition) is 8. The smallest absolute Gasteiger partial charge is 0.235 e. The zero-order valence-corrected chi connectivity index (χ0v) is 22.7. The molecule has 0 radical (unpaired) electrons. The standard InChI is InChI=1S/C30H36N2O7/c1-30-18(24(32(2)3)26(36)23(28(30)38)29(31)39)13-15-12-17-16(20(34)11-14-7-5-4-6-8-14)9-10-19(33)22(17)25(35)21(15)27(30)37/h9-10,14-15,18,21,23-24,33H,4-8,11-13H2,1-3H3,(H2,31,39)/t15-,18-,21?,23?,24?,30+/m1/s1. The molecular formula is C30H36N2O7. The van der Waals surface area contributed by atoms with Crippen molar-refractivity contribution in [3.63, 3.8) is 0 Å². The van der Waals surface area contributed by atoms with Crippen LogP contribution in [0.15, 0.2) is 12.1 Å². The van der Waals surface area contributed by atoms with E-state index in [9.17, 15) is 33.9 Å². The number of likely N-dealkylation sites (N-methyl/N-ethyl adjacent to an activating group) is 1. The third-order valence-corrected chi connectivity index (χ3v) is 9.92. The van der Waals surface area contributed by atoms with Gasteiger partial charge in [-0.15, -0.1) is 0 Å². The first kappa shape index (κ1) is 27.4. The van der Waals surface area contributed by atoms with E-state index in [4.69, 9.17) is 5.73 Å². The van der Waals surface area contributed by atoms with Gasteiger partial charge in [-0.1, -0.05) is 32.1 Å². The lowest BCUT2D eigenvalue weighted by atomic mass is 9.48. The van der Waals surface area contributed by atoms with E-state index >= 15 is 0 Å². The Morgan fingerprint density at radius 3 is 2.33 bits per heavy atom. The number of carbonyl (C=O) groups is 6. The van der Waals surface area contributed by atoms with Crippen LogP contribution in [0.5, 0.6) is 5.75 Å². The molecule has 3 unspecified atom stereocenters. The minimum atomic E-state index is -1.76. The number of hydrogen-bond donors (Lipinski definition) is 2. The maximum Gasteiger partial charge on any atom is 0.235 e. The molecule has 9 heteroatoms. The number of phenolic OH excluding ortho intramolecular Hbond substituents is 1. The summed E-state index contributed by atoms with van der Waals surface area (Å²) in [5, 5.41) is 10.7. The predicted octanol–water partition coefficient (Wildman–Crippen LogP) is 2.30. The maximum atomic E-state index is 14.1. The second kappa shape index (κ2) is 9.77. The van der Waals surface area contributed by atoms with Crippen molar-refractivity contribution in [2.24, 2.45) is 40.7 Å². The van der Waals surface area contributed by atoms with Gasteiger partial charge in [-0.05, 0) is 63.4 Å². The van der Waals surface area contributed by atoms with E-state index in [1.165, 1.54) is 19.4 Å². The van der Waals surface area contributed by atoms with Crippen molar-refractivity contribution < 1.29 is 33.9 Å². The number of Topliss-reactive ketones (excluding diaryl/α,β-unsaturated/α-hetero) is 5. The largest absolute Gasteiger partial charge is 0.507 e. The first-order valence-corrected chi connectivity index (χ1v) is 13.9. The molecule has 1 aromatic carbocycles. The van der Waals surface area contributed by atoms with Crippen LogP contribution >= 0.6 is 0 Å². The second-order valence-corrected chi connectivity index (χ2v) is 12.3. The summed E-state index contributed by atoms with van der Waals surface area (Å²) in [6.45, 7) is 1.42. The van der Waals surface area contributed by atoms with Crippen molar-refractivity contribution in [2.75, 3.05) is 14.1 Å². The number of nitrogens with two attached hydrogens (primary N) is 1. The number of benzene rings is 1. The molecule has 5 rings (SSSR count). The number of phenols is 1. The van der Waals surface area contributed by atoms with Crippen LogP contribution in [-0.2, 0) is 25.6 Å². The van der Waals surface area contributed by atoms with E-state index in [0.29, 0.717) is 17.5 Å². The third-order valence-electron chi connectivity index (χ3n) is 9.92. The van der Waals surface area contributed by atoms with E-state index in [1.807, 2.05) is 0 Å². The normalized spacial score (nSPS) is 33.0. The van der Waals surface area contributed by atoms with Crippen molar-refractivity contribution in [1.82, 2.24) is 4.90 Å². The van der Waals surface area contributed by atoms with Crippen LogP contribution in [0.4, 0.5) is 0 Å². The highest BCUT2D eigenvalue weighted by atomic mass is 16.3. The first-order valence-electron chi connectivity index (χ1n) is 13.9. The lowest BCUT2D eigenvalue weighted by molar-refractivity contribution is -0.166. The van der Waals surface area contributed by atoms with Gasteiger partial charge < -0.3 is 10.8 Å². The van der Waals surface area contributed by atoms with E-state index in [1.54, 1.807) is 25.1 Å². The van der Waals surface area contributed by atoms with Crippen LogP contribution in [0.25, 0.3) is 0 Å². The number of rotatable bonds is 5. The summed E-state index contributed by atoms with van der Waals surface area (Å²) in [5.41, 5.74) is 4.50. The summed E-state index contributed by atoms with van der Waals surface area (Å²) in [6, 6.07) is 1.98. The molecule has 1 amide bonds.